The van der Waals surface area contributed by atoms with Gasteiger partial charge < -0.3 is 5.32 Å². The maximum atomic E-state index is 5.90. The number of anilines is 1. The van der Waals surface area contributed by atoms with Crippen LogP contribution in [0.5, 0.6) is 0 Å². The van der Waals surface area contributed by atoms with Crippen LogP contribution in [0.2, 0.25) is 5.02 Å². The van der Waals surface area contributed by atoms with Gasteiger partial charge in [0.05, 0.1) is 0 Å². The molecule has 20 heavy (non-hydrogen) atoms. The Morgan fingerprint density at radius 2 is 1.90 bits per heavy atom. The molecule has 0 unspecified atom stereocenters. The van der Waals surface area contributed by atoms with Crippen molar-refractivity contribution in [1.82, 2.24) is 9.97 Å². The number of halogens is 1. The molecule has 1 aromatic heterocycles. The molecule has 0 radical (unpaired) electrons. The molecule has 1 aromatic carbocycles. The minimum Gasteiger partial charge on any atom is -0.370 e. The lowest BCUT2D eigenvalue weighted by Crippen LogP contribution is -2.05. The van der Waals surface area contributed by atoms with Gasteiger partial charge in [0.1, 0.15) is 17.2 Å². The van der Waals surface area contributed by atoms with Crippen molar-refractivity contribution in [1.29, 1.82) is 0 Å². The topological polar surface area (TPSA) is 37.8 Å². The van der Waals surface area contributed by atoms with Gasteiger partial charge in [-0.1, -0.05) is 30.7 Å². The zero-order chi connectivity index (χ0) is 14.4. The summed E-state index contributed by atoms with van der Waals surface area (Å²) in [6, 6.07) is 7.94. The van der Waals surface area contributed by atoms with Gasteiger partial charge in [-0.2, -0.15) is 0 Å². The Balaban J connectivity index is 2.12. The zero-order valence-corrected chi connectivity index (χ0v) is 13.3. The van der Waals surface area contributed by atoms with Crippen molar-refractivity contribution in [2.75, 3.05) is 11.9 Å². The summed E-state index contributed by atoms with van der Waals surface area (Å²) < 4.78 is 0. The second-order valence-corrected chi connectivity index (χ2v) is 5.71. The van der Waals surface area contributed by atoms with Crippen LogP contribution in [0.15, 0.2) is 35.6 Å². The van der Waals surface area contributed by atoms with Gasteiger partial charge in [0.2, 0.25) is 0 Å². The van der Waals surface area contributed by atoms with E-state index >= 15 is 0 Å². The first-order chi connectivity index (χ1) is 9.74. The van der Waals surface area contributed by atoms with Crippen LogP contribution < -0.4 is 5.32 Å². The third-order valence-electron chi connectivity index (χ3n) is 2.89. The number of benzene rings is 1. The average molecular weight is 308 g/mol. The van der Waals surface area contributed by atoms with Crippen molar-refractivity contribution < 1.29 is 0 Å². The van der Waals surface area contributed by atoms with E-state index in [1.807, 2.05) is 24.3 Å². The predicted molar refractivity (Wildman–Crippen MR) is 86.6 cm³/mol. The van der Waals surface area contributed by atoms with Crippen molar-refractivity contribution in [3.63, 3.8) is 0 Å². The SMILES string of the molecule is CCNc1ncnc(SCc2ccc(Cl)cc2)c1CC. The van der Waals surface area contributed by atoms with E-state index in [2.05, 4.69) is 29.1 Å². The highest BCUT2D eigenvalue weighted by Gasteiger charge is 2.09. The Hall–Kier alpha value is -1.26. The summed E-state index contributed by atoms with van der Waals surface area (Å²) in [6.45, 7) is 5.07. The average Bonchev–Trinajstić information content (AvgIpc) is 2.47. The number of hydrogen-bond acceptors (Lipinski definition) is 4. The van der Waals surface area contributed by atoms with Crippen LogP contribution in [0.1, 0.15) is 25.0 Å². The normalized spacial score (nSPS) is 10.6. The first-order valence-electron chi connectivity index (χ1n) is 6.69. The highest BCUT2D eigenvalue weighted by atomic mass is 35.5. The van der Waals surface area contributed by atoms with E-state index in [0.717, 1.165) is 34.6 Å². The first kappa shape index (κ1) is 15.1. The predicted octanol–water partition coefficient (Wildman–Crippen LogP) is 4.42. The van der Waals surface area contributed by atoms with Crippen LogP contribution in [0.4, 0.5) is 5.82 Å². The van der Waals surface area contributed by atoms with Gasteiger partial charge in [-0.15, -0.1) is 11.8 Å². The monoisotopic (exact) mass is 307 g/mol. The molecule has 5 heteroatoms. The van der Waals surface area contributed by atoms with E-state index in [9.17, 15) is 0 Å². The van der Waals surface area contributed by atoms with Crippen LogP contribution in [0, 0.1) is 0 Å². The van der Waals surface area contributed by atoms with Crippen LogP contribution in [-0.4, -0.2) is 16.5 Å². The quantitative estimate of drug-likeness (QED) is 0.633. The summed E-state index contributed by atoms with van der Waals surface area (Å²) in [5.74, 6) is 1.83. The van der Waals surface area contributed by atoms with Gasteiger partial charge in [0.15, 0.2) is 0 Å². The molecule has 0 aliphatic rings. The fourth-order valence-electron chi connectivity index (χ4n) is 1.89. The van der Waals surface area contributed by atoms with Gasteiger partial charge in [0, 0.05) is 22.9 Å². The summed E-state index contributed by atoms with van der Waals surface area (Å²) in [5.41, 5.74) is 2.43. The zero-order valence-electron chi connectivity index (χ0n) is 11.7. The standard InChI is InChI=1S/C15H18ClN3S/c1-3-13-14(17-4-2)18-10-19-15(13)20-9-11-5-7-12(16)8-6-11/h5-8,10H,3-4,9H2,1-2H3,(H,17,18,19). The lowest BCUT2D eigenvalue weighted by Gasteiger charge is -2.11. The lowest BCUT2D eigenvalue weighted by atomic mass is 10.2. The Kier molecular flexibility index (Phi) is 5.68. The minimum atomic E-state index is 0.768. The molecular weight excluding hydrogens is 290 g/mol. The molecule has 2 rings (SSSR count). The summed E-state index contributed by atoms with van der Waals surface area (Å²) in [4.78, 5) is 8.72. The molecule has 0 aliphatic heterocycles. The highest BCUT2D eigenvalue weighted by Crippen LogP contribution is 2.28. The molecule has 0 spiro atoms. The summed E-state index contributed by atoms with van der Waals surface area (Å²) in [5, 5.41) is 5.11. The van der Waals surface area contributed by atoms with Crippen LogP contribution >= 0.6 is 23.4 Å². The number of nitrogens with zero attached hydrogens (tertiary/aromatic N) is 2. The van der Waals surface area contributed by atoms with Gasteiger partial charge in [0.25, 0.3) is 0 Å². The fourth-order valence-corrected chi connectivity index (χ4v) is 3.05. The van der Waals surface area contributed by atoms with E-state index in [4.69, 9.17) is 11.6 Å². The summed E-state index contributed by atoms with van der Waals surface area (Å²) in [7, 11) is 0. The summed E-state index contributed by atoms with van der Waals surface area (Å²) in [6.07, 6.45) is 2.55. The summed E-state index contributed by atoms with van der Waals surface area (Å²) >= 11 is 7.63. The number of thioether (sulfide) groups is 1. The molecule has 1 N–H and O–H groups in total. The molecule has 0 amide bonds. The first-order valence-corrected chi connectivity index (χ1v) is 8.06. The van der Waals surface area contributed by atoms with E-state index in [1.165, 1.54) is 11.1 Å². The molecule has 0 saturated heterocycles. The van der Waals surface area contributed by atoms with Gasteiger partial charge in [-0.25, -0.2) is 9.97 Å². The molecule has 0 atom stereocenters. The fraction of sp³-hybridized carbons (Fsp3) is 0.333. The van der Waals surface area contributed by atoms with E-state index in [-0.39, 0.29) is 0 Å². The second kappa shape index (κ2) is 7.50. The van der Waals surface area contributed by atoms with Gasteiger partial charge >= 0.3 is 0 Å². The Labute approximate surface area is 129 Å². The van der Waals surface area contributed by atoms with E-state index in [0.29, 0.717) is 0 Å². The molecule has 0 saturated carbocycles. The largest absolute Gasteiger partial charge is 0.370 e. The molecular formula is C15H18ClN3S. The molecule has 106 valence electrons. The maximum Gasteiger partial charge on any atom is 0.133 e. The van der Waals surface area contributed by atoms with Crippen molar-refractivity contribution >= 4 is 29.2 Å². The molecule has 2 aromatic rings. The molecule has 0 aliphatic carbocycles. The van der Waals surface area contributed by atoms with Crippen LogP contribution in [0.25, 0.3) is 0 Å². The second-order valence-electron chi connectivity index (χ2n) is 4.31. The van der Waals surface area contributed by atoms with Crippen LogP contribution in [0.3, 0.4) is 0 Å². The van der Waals surface area contributed by atoms with Crippen LogP contribution in [-0.2, 0) is 12.2 Å². The Morgan fingerprint density at radius 1 is 1.15 bits per heavy atom. The van der Waals surface area contributed by atoms with Crippen molar-refractivity contribution in [2.24, 2.45) is 0 Å². The molecule has 1 heterocycles. The van der Waals surface area contributed by atoms with E-state index in [1.54, 1.807) is 18.1 Å². The number of nitrogens with one attached hydrogen (secondary N) is 1. The highest BCUT2D eigenvalue weighted by molar-refractivity contribution is 7.98. The van der Waals surface area contributed by atoms with Crippen molar-refractivity contribution in [3.8, 4) is 0 Å². The van der Waals surface area contributed by atoms with Gasteiger partial charge in [-0.05, 0) is 31.0 Å². The Bertz CT molecular complexity index is 558. The maximum absolute atomic E-state index is 5.90. The lowest BCUT2D eigenvalue weighted by molar-refractivity contribution is 0.937. The number of aromatic nitrogens is 2. The molecule has 3 nitrogen and oxygen atoms in total. The third-order valence-corrected chi connectivity index (χ3v) is 4.25. The van der Waals surface area contributed by atoms with Crippen molar-refractivity contribution in [3.05, 3.63) is 46.7 Å². The molecule has 0 bridgehead atoms. The smallest absolute Gasteiger partial charge is 0.133 e. The van der Waals surface area contributed by atoms with Crippen molar-refractivity contribution in [2.45, 2.75) is 31.0 Å². The minimum absolute atomic E-state index is 0.768. The number of rotatable bonds is 6. The Morgan fingerprint density at radius 3 is 2.55 bits per heavy atom. The van der Waals surface area contributed by atoms with Gasteiger partial charge in [-0.3, -0.25) is 0 Å². The number of hydrogen-bond donors (Lipinski definition) is 1. The molecule has 0 fully saturated rings. The van der Waals surface area contributed by atoms with E-state index < -0.39 is 0 Å². The third kappa shape index (κ3) is 3.87.